The van der Waals surface area contributed by atoms with Gasteiger partial charge in [0.05, 0.1) is 18.5 Å². The van der Waals surface area contributed by atoms with Crippen LogP contribution in [-0.4, -0.2) is 24.0 Å². The summed E-state index contributed by atoms with van der Waals surface area (Å²) in [5.41, 5.74) is 7.48. The highest BCUT2D eigenvalue weighted by atomic mass is 32.1. The number of nitrogens with two attached hydrogens (primary N) is 1. The van der Waals surface area contributed by atoms with E-state index in [1.807, 2.05) is 0 Å². The Labute approximate surface area is 108 Å². The van der Waals surface area contributed by atoms with E-state index in [0.29, 0.717) is 6.42 Å². The van der Waals surface area contributed by atoms with Crippen LogP contribution in [0.4, 0.5) is 0 Å². The molecule has 0 aliphatic rings. The minimum Gasteiger partial charge on any atom is -0.326 e. The third kappa shape index (κ3) is 3.53. The molecule has 0 aliphatic carbocycles. The van der Waals surface area contributed by atoms with Crippen molar-refractivity contribution < 1.29 is 0 Å². The number of nitrogens with zero attached hydrogens (tertiary/aromatic N) is 2. The molecule has 1 aromatic heterocycles. The third-order valence-electron chi connectivity index (χ3n) is 3.28. The largest absolute Gasteiger partial charge is 0.326 e. The summed E-state index contributed by atoms with van der Waals surface area (Å²) in [7, 11) is 2.06. The maximum Gasteiger partial charge on any atom is 0.0638 e. The molecule has 0 saturated carbocycles. The molecule has 17 heavy (non-hydrogen) atoms. The van der Waals surface area contributed by atoms with Crippen molar-refractivity contribution in [2.24, 2.45) is 5.73 Å². The van der Waals surface area contributed by atoms with Crippen molar-refractivity contribution in [3.8, 4) is 6.07 Å². The van der Waals surface area contributed by atoms with Gasteiger partial charge in [0, 0.05) is 12.1 Å². The van der Waals surface area contributed by atoms with Crippen LogP contribution in [0, 0.1) is 11.3 Å². The van der Waals surface area contributed by atoms with Crippen LogP contribution in [-0.2, 0) is 0 Å². The summed E-state index contributed by atoms with van der Waals surface area (Å²) in [5, 5.41) is 13.0. The number of hydrogen-bond donors (Lipinski definition) is 1. The predicted molar refractivity (Wildman–Crippen MR) is 72.8 cm³/mol. The highest BCUT2D eigenvalue weighted by Crippen LogP contribution is 2.27. The standard InChI is InChI=1S/C13H21N3S/c1-4-12(15)13(11-6-8-17-9-11)16(3)10(2)5-7-14/h6,8-10,12-13H,4-5,15H2,1-3H3. The summed E-state index contributed by atoms with van der Waals surface area (Å²) < 4.78 is 0. The molecule has 0 fully saturated rings. The Morgan fingerprint density at radius 1 is 1.59 bits per heavy atom. The Morgan fingerprint density at radius 2 is 2.29 bits per heavy atom. The van der Waals surface area contributed by atoms with Crippen LogP contribution < -0.4 is 5.73 Å². The highest BCUT2D eigenvalue weighted by Gasteiger charge is 2.26. The van der Waals surface area contributed by atoms with Crippen molar-refractivity contribution in [1.29, 1.82) is 5.26 Å². The van der Waals surface area contributed by atoms with Crippen LogP contribution >= 0.6 is 11.3 Å². The van der Waals surface area contributed by atoms with Crippen LogP contribution in [0.15, 0.2) is 16.8 Å². The molecule has 94 valence electrons. The first-order valence-electron chi connectivity index (χ1n) is 5.98. The molecule has 0 saturated heterocycles. The van der Waals surface area contributed by atoms with E-state index >= 15 is 0 Å². The van der Waals surface area contributed by atoms with Crippen LogP contribution in [0.25, 0.3) is 0 Å². The van der Waals surface area contributed by atoms with Gasteiger partial charge in [-0.1, -0.05) is 6.92 Å². The van der Waals surface area contributed by atoms with Gasteiger partial charge in [-0.25, -0.2) is 0 Å². The zero-order chi connectivity index (χ0) is 12.8. The molecule has 1 aromatic rings. The molecule has 3 unspecified atom stereocenters. The Morgan fingerprint density at radius 3 is 2.76 bits per heavy atom. The summed E-state index contributed by atoms with van der Waals surface area (Å²) in [5.74, 6) is 0. The first-order chi connectivity index (χ1) is 8.11. The molecule has 0 amide bonds. The number of hydrogen-bond acceptors (Lipinski definition) is 4. The Hall–Kier alpha value is -0.890. The zero-order valence-corrected chi connectivity index (χ0v) is 11.6. The first kappa shape index (κ1) is 14.2. The molecule has 2 N–H and O–H groups in total. The smallest absolute Gasteiger partial charge is 0.0638 e. The summed E-state index contributed by atoms with van der Waals surface area (Å²) in [6.45, 7) is 4.18. The van der Waals surface area contributed by atoms with Crippen molar-refractivity contribution in [1.82, 2.24) is 4.90 Å². The van der Waals surface area contributed by atoms with Gasteiger partial charge in [-0.15, -0.1) is 0 Å². The van der Waals surface area contributed by atoms with Crippen LogP contribution in [0.3, 0.4) is 0 Å². The lowest BCUT2D eigenvalue weighted by Crippen LogP contribution is -2.42. The summed E-state index contributed by atoms with van der Waals surface area (Å²) in [4.78, 5) is 2.22. The first-order valence-corrected chi connectivity index (χ1v) is 6.92. The van der Waals surface area contributed by atoms with Crippen molar-refractivity contribution in [3.63, 3.8) is 0 Å². The molecule has 4 heteroatoms. The van der Waals surface area contributed by atoms with Gasteiger partial charge in [-0.2, -0.15) is 16.6 Å². The van der Waals surface area contributed by atoms with E-state index < -0.39 is 0 Å². The second-order valence-corrected chi connectivity index (χ2v) is 5.23. The van der Waals surface area contributed by atoms with Crippen molar-refractivity contribution in [2.75, 3.05) is 7.05 Å². The van der Waals surface area contributed by atoms with Gasteiger partial charge < -0.3 is 5.73 Å². The van der Waals surface area contributed by atoms with Gasteiger partial charge in [0.25, 0.3) is 0 Å². The van der Waals surface area contributed by atoms with Crippen molar-refractivity contribution in [3.05, 3.63) is 22.4 Å². The monoisotopic (exact) mass is 251 g/mol. The molecular weight excluding hydrogens is 230 g/mol. The number of rotatable bonds is 6. The fraction of sp³-hybridized carbons (Fsp3) is 0.615. The van der Waals surface area contributed by atoms with Crippen LogP contribution in [0.5, 0.6) is 0 Å². The number of likely N-dealkylation sites (N-methyl/N-ethyl adjacent to an activating group) is 1. The molecule has 0 bridgehead atoms. The average Bonchev–Trinajstić information content (AvgIpc) is 2.82. The Bertz CT molecular complexity index is 355. The molecule has 1 rings (SSSR count). The molecule has 0 aromatic carbocycles. The molecule has 0 aliphatic heterocycles. The summed E-state index contributed by atoms with van der Waals surface area (Å²) >= 11 is 1.69. The van der Waals surface area contributed by atoms with E-state index in [9.17, 15) is 0 Å². The molecule has 1 heterocycles. The van der Waals surface area contributed by atoms with Crippen molar-refractivity contribution >= 4 is 11.3 Å². The molecule has 0 radical (unpaired) electrons. The van der Waals surface area contributed by atoms with E-state index in [1.165, 1.54) is 5.56 Å². The highest BCUT2D eigenvalue weighted by molar-refractivity contribution is 7.07. The second-order valence-electron chi connectivity index (χ2n) is 4.45. The Balaban J connectivity index is 2.88. The van der Waals surface area contributed by atoms with E-state index in [4.69, 9.17) is 11.0 Å². The third-order valence-corrected chi connectivity index (χ3v) is 3.98. The average molecular weight is 251 g/mol. The Kier molecular flexibility index (Phi) is 5.63. The van der Waals surface area contributed by atoms with Gasteiger partial charge in [0.1, 0.15) is 0 Å². The zero-order valence-electron chi connectivity index (χ0n) is 10.8. The van der Waals surface area contributed by atoms with Crippen LogP contribution in [0.1, 0.15) is 38.3 Å². The second kappa shape index (κ2) is 6.75. The number of nitriles is 1. The maximum atomic E-state index is 8.79. The molecular formula is C13H21N3S. The van der Waals surface area contributed by atoms with Crippen LogP contribution in [0.2, 0.25) is 0 Å². The van der Waals surface area contributed by atoms with Gasteiger partial charge >= 0.3 is 0 Å². The maximum absolute atomic E-state index is 8.79. The predicted octanol–water partition coefficient (Wildman–Crippen LogP) is 2.76. The van der Waals surface area contributed by atoms with Gasteiger partial charge in [0.2, 0.25) is 0 Å². The molecule has 3 nitrogen and oxygen atoms in total. The minimum absolute atomic E-state index is 0.107. The number of thiophene rings is 1. The lowest BCUT2D eigenvalue weighted by Gasteiger charge is -2.35. The van der Waals surface area contributed by atoms with E-state index in [-0.39, 0.29) is 18.1 Å². The van der Waals surface area contributed by atoms with E-state index in [1.54, 1.807) is 11.3 Å². The summed E-state index contributed by atoms with van der Waals surface area (Å²) in [6.07, 6.45) is 1.47. The summed E-state index contributed by atoms with van der Waals surface area (Å²) in [6, 6.07) is 4.89. The fourth-order valence-electron chi connectivity index (χ4n) is 2.00. The lowest BCUT2D eigenvalue weighted by atomic mass is 9.97. The quantitative estimate of drug-likeness (QED) is 0.846. The van der Waals surface area contributed by atoms with E-state index in [0.717, 1.165) is 6.42 Å². The normalized spacial score (nSPS) is 16.5. The van der Waals surface area contributed by atoms with E-state index in [2.05, 4.69) is 48.7 Å². The topological polar surface area (TPSA) is 53.0 Å². The van der Waals surface area contributed by atoms with Gasteiger partial charge in [-0.05, 0) is 42.8 Å². The SMILES string of the molecule is CCC(N)C(c1ccsc1)N(C)C(C)CC#N. The lowest BCUT2D eigenvalue weighted by molar-refractivity contribution is 0.160. The van der Waals surface area contributed by atoms with Gasteiger partial charge in [0.15, 0.2) is 0 Å². The molecule has 0 spiro atoms. The molecule has 3 atom stereocenters. The fourth-order valence-corrected chi connectivity index (χ4v) is 2.69. The van der Waals surface area contributed by atoms with Crippen molar-refractivity contribution in [2.45, 2.75) is 44.8 Å². The minimum atomic E-state index is 0.107. The van der Waals surface area contributed by atoms with Gasteiger partial charge in [-0.3, -0.25) is 4.90 Å².